The third kappa shape index (κ3) is 10.3. The standard InChI is InChI=1S/C25H30N4OS.C3H8.C2H6/c1-5-7-21-22(6-2)28-24(19-12-13-31-16-19)29-25(21)27-20-10-8-18(9-11-20)14-23(30)26-15-17(3)4;1-3-2;1-2/h5,8-13,16-17H,1,6-7,14-15H2,2-4H3,(H,26,30)(H,27,28,29);3H2,1-2H3;1-2H3. The van der Waals surface area contributed by atoms with E-state index in [1.54, 1.807) is 11.3 Å². The molecular weight excluding hydrogens is 464 g/mol. The fourth-order valence-electron chi connectivity index (χ4n) is 3.21. The lowest BCUT2D eigenvalue weighted by Gasteiger charge is -2.15. The highest BCUT2D eigenvalue weighted by Gasteiger charge is 2.14. The van der Waals surface area contributed by atoms with Crippen LogP contribution in [0.5, 0.6) is 0 Å². The van der Waals surface area contributed by atoms with Gasteiger partial charge in [-0.2, -0.15) is 11.3 Å². The zero-order chi connectivity index (χ0) is 26.9. The van der Waals surface area contributed by atoms with Gasteiger partial charge in [-0.05, 0) is 47.9 Å². The van der Waals surface area contributed by atoms with Crippen molar-refractivity contribution in [2.24, 2.45) is 5.92 Å². The number of nitrogens with zero attached hydrogens (tertiary/aromatic N) is 2. The van der Waals surface area contributed by atoms with E-state index >= 15 is 0 Å². The summed E-state index contributed by atoms with van der Waals surface area (Å²) in [5.41, 5.74) is 5.02. The van der Waals surface area contributed by atoms with Crippen molar-refractivity contribution in [3.63, 3.8) is 0 Å². The third-order valence-corrected chi connectivity index (χ3v) is 5.53. The van der Waals surface area contributed by atoms with Gasteiger partial charge in [0.15, 0.2) is 5.82 Å². The van der Waals surface area contributed by atoms with Gasteiger partial charge in [-0.15, -0.1) is 6.58 Å². The lowest BCUT2D eigenvalue weighted by atomic mass is 10.1. The molecule has 1 amide bonds. The first-order valence-corrected chi connectivity index (χ1v) is 14.0. The predicted molar refractivity (Wildman–Crippen MR) is 157 cm³/mol. The summed E-state index contributed by atoms with van der Waals surface area (Å²) in [7, 11) is 0. The molecule has 1 aromatic carbocycles. The molecule has 2 aromatic heterocycles. The maximum Gasteiger partial charge on any atom is 0.224 e. The molecule has 0 saturated carbocycles. The summed E-state index contributed by atoms with van der Waals surface area (Å²) >= 11 is 1.63. The van der Waals surface area contributed by atoms with Crippen LogP contribution in [-0.4, -0.2) is 22.4 Å². The minimum atomic E-state index is 0.0477. The Balaban J connectivity index is 0.00000120. The van der Waals surface area contributed by atoms with Crippen molar-refractivity contribution in [1.29, 1.82) is 0 Å². The lowest BCUT2D eigenvalue weighted by Crippen LogP contribution is -2.28. The Morgan fingerprint density at radius 1 is 1.08 bits per heavy atom. The van der Waals surface area contributed by atoms with Gasteiger partial charge in [0.25, 0.3) is 0 Å². The molecule has 6 heteroatoms. The van der Waals surface area contributed by atoms with Crippen LogP contribution >= 0.6 is 11.3 Å². The zero-order valence-electron chi connectivity index (χ0n) is 23.1. The molecule has 2 N–H and O–H groups in total. The average Bonchev–Trinajstić information content (AvgIpc) is 3.42. The Morgan fingerprint density at radius 2 is 1.75 bits per heavy atom. The molecule has 2 heterocycles. The molecule has 0 unspecified atom stereocenters. The van der Waals surface area contributed by atoms with Gasteiger partial charge in [0.05, 0.1) is 6.42 Å². The van der Waals surface area contributed by atoms with Crippen molar-refractivity contribution in [2.45, 2.75) is 74.1 Å². The number of carbonyl (C=O) groups excluding carboxylic acids is 1. The summed E-state index contributed by atoms with van der Waals surface area (Å²) in [6, 6.07) is 9.97. The Hall–Kier alpha value is -2.99. The normalized spacial score (nSPS) is 10.0. The van der Waals surface area contributed by atoms with Gasteiger partial charge in [-0.25, -0.2) is 9.97 Å². The Bertz CT molecular complexity index is 1030. The topological polar surface area (TPSA) is 66.9 Å². The molecule has 0 atom stereocenters. The van der Waals surface area contributed by atoms with Gasteiger partial charge in [0.2, 0.25) is 5.91 Å². The Labute approximate surface area is 222 Å². The molecule has 3 rings (SSSR count). The van der Waals surface area contributed by atoms with Crippen LogP contribution in [0.15, 0.2) is 53.7 Å². The monoisotopic (exact) mass is 508 g/mol. The second-order valence-electron chi connectivity index (χ2n) is 8.58. The van der Waals surface area contributed by atoms with Gasteiger partial charge < -0.3 is 10.6 Å². The van der Waals surface area contributed by atoms with Gasteiger partial charge in [0, 0.05) is 34.4 Å². The molecule has 0 spiro atoms. The van der Waals surface area contributed by atoms with E-state index in [1.807, 2.05) is 55.6 Å². The second kappa shape index (κ2) is 17.4. The van der Waals surface area contributed by atoms with E-state index in [9.17, 15) is 4.79 Å². The first-order valence-electron chi connectivity index (χ1n) is 13.1. The predicted octanol–water partition coefficient (Wildman–Crippen LogP) is 8.00. The molecule has 0 saturated heterocycles. The van der Waals surface area contributed by atoms with E-state index in [2.05, 4.69) is 57.2 Å². The summed E-state index contributed by atoms with van der Waals surface area (Å²) in [6.07, 6.45) is 5.03. The molecule has 0 aliphatic rings. The average molecular weight is 509 g/mol. The number of rotatable bonds is 10. The molecule has 0 aliphatic heterocycles. The van der Waals surface area contributed by atoms with Gasteiger partial charge in [-0.1, -0.05) is 73.1 Å². The molecule has 0 aliphatic carbocycles. The van der Waals surface area contributed by atoms with Crippen LogP contribution in [0.4, 0.5) is 11.5 Å². The van der Waals surface area contributed by atoms with E-state index in [4.69, 9.17) is 9.97 Å². The van der Waals surface area contributed by atoms with Gasteiger partial charge in [-0.3, -0.25) is 4.79 Å². The van der Waals surface area contributed by atoms with Crippen LogP contribution in [-0.2, 0) is 24.1 Å². The van der Waals surface area contributed by atoms with Crippen molar-refractivity contribution in [3.05, 3.63) is 70.6 Å². The van der Waals surface area contributed by atoms with Crippen LogP contribution in [0.2, 0.25) is 0 Å². The summed E-state index contributed by atoms with van der Waals surface area (Å²) in [6.45, 7) is 19.1. The van der Waals surface area contributed by atoms with Gasteiger partial charge >= 0.3 is 0 Å². The molecule has 5 nitrogen and oxygen atoms in total. The van der Waals surface area contributed by atoms with Crippen molar-refractivity contribution in [2.75, 3.05) is 11.9 Å². The Kier molecular flexibility index (Phi) is 15.0. The number of hydrogen-bond acceptors (Lipinski definition) is 5. The molecule has 36 heavy (non-hydrogen) atoms. The summed E-state index contributed by atoms with van der Waals surface area (Å²) in [4.78, 5) is 21.7. The molecular formula is C30H44N4OS. The lowest BCUT2D eigenvalue weighted by molar-refractivity contribution is -0.120. The number of carbonyl (C=O) groups is 1. The number of allylic oxidation sites excluding steroid dienone is 1. The van der Waals surface area contributed by atoms with Crippen LogP contribution in [0.3, 0.4) is 0 Å². The van der Waals surface area contributed by atoms with E-state index in [0.29, 0.717) is 25.3 Å². The molecule has 196 valence electrons. The van der Waals surface area contributed by atoms with Crippen LogP contribution in [0.25, 0.3) is 11.4 Å². The number of thiophene rings is 1. The maximum atomic E-state index is 12.1. The number of aryl methyl sites for hydroxylation is 1. The number of nitrogens with one attached hydrogen (secondary N) is 2. The molecule has 0 fully saturated rings. The summed E-state index contributed by atoms with van der Waals surface area (Å²) in [5.74, 6) is 2.02. The number of benzene rings is 1. The quantitative estimate of drug-likeness (QED) is 0.272. The highest BCUT2D eigenvalue weighted by atomic mass is 32.1. The first kappa shape index (κ1) is 31.0. The zero-order valence-corrected chi connectivity index (χ0v) is 24.0. The largest absolute Gasteiger partial charge is 0.356 e. The van der Waals surface area contributed by atoms with E-state index < -0.39 is 0 Å². The van der Waals surface area contributed by atoms with Crippen molar-refractivity contribution >= 4 is 28.7 Å². The minimum absolute atomic E-state index is 0.0477. The van der Waals surface area contributed by atoms with Gasteiger partial charge in [0.1, 0.15) is 5.82 Å². The van der Waals surface area contributed by atoms with Crippen LogP contribution < -0.4 is 10.6 Å². The van der Waals surface area contributed by atoms with Crippen molar-refractivity contribution < 1.29 is 4.79 Å². The number of anilines is 2. The fraction of sp³-hybridized carbons (Fsp3) is 0.433. The second-order valence-corrected chi connectivity index (χ2v) is 9.36. The Morgan fingerprint density at radius 3 is 2.28 bits per heavy atom. The van der Waals surface area contributed by atoms with Crippen molar-refractivity contribution in [3.8, 4) is 11.4 Å². The third-order valence-electron chi connectivity index (χ3n) is 4.84. The number of hydrogen-bond donors (Lipinski definition) is 2. The SMILES string of the molecule is C=CCc1c(CC)nc(-c2ccsc2)nc1Nc1ccc(CC(=O)NCC(C)C)cc1.CC.CCC. The smallest absolute Gasteiger partial charge is 0.224 e. The van der Waals surface area contributed by atoms with Crippen LogP contribution in [0.1, 0.15) is 71.7 Å². The molecule has 0 radical (unpaired) electrons. The van der Waals surface area contributed by atoms with E-state index in [1.165, 1.54) is 6.42 Å². The van der Waals surface area contributed by atoms with E-state index in [0.717, 1.165) is 46.1 Å². The molecule has 0 bridgehead atoms. The minimum Gasteiger partial charge on any atom is -0.356 e. The number of aromatic nitrogens is 2. The number of amides is 1. The van der Waals surface area contributed by atoms with E-state index in [-0.39, 0.29) is 5.91 Å². The highest BCUT2D eigenvalue weighted by Crippen LogP contribution is 2.27. The molecule has 3 aromatic rings. The first-order chi connectivity index (χ1) is 17.4. The maximum absolute atomic E-state index is 12.1. The fourth-order valence-corrected chi connectivity index (χ4v) is 3.85. The van der Waals surface area contributed by atoms with Crippen LogP contribution in [0, 0.1) is 5.92 Å². The summed E-state index contributed by atoms with van der Waals surface area (Å²) < 4.78 is 0. The highest BCUT2D eigenvalue weighted by molar-refractivity contribution is 7.08. The summed E-state index contributed by atoms with van der Waals surface area (Å²) in [5, 5.41) is 10.5. The van der Waals surface area contributed by atoms with Crippen molar-refractivity contribution in [1.82, 2.24) is 15.3 Å².